The van der Waals surface area contributed by atoms with Gasteiger partial charge >= 0.3 is 0 Å². The van der Waals surface area contributed by atoms with Crippen LogP contribution >= 0.6 is 11.8 Å². The standard InChI is InChI=1S/C21H28N4O3S2/c1-15-7-8-16(2)19(11-15)24-14-22-23-21(24)29-12-20(26)25(17-5-3-4-6-17)18-9-10-30(27,28)13-18/h7-8,11,14,17-18H,3-6,9-10,12-13H2,1-2H3/t18-/m1/s1. The van der Waals surface area contributed by atoms with Gasteiger partial charge in [-0.3, -0.25) is 9.36 Å². The number of hydrogen-bond donors (Lipinski definition) is 0. The summed E-state index contributed by atoms with van der Waals surface area (Å²) in [6.07, 6.45) is 6.35. The highest BCUT2D eigenvalue weighted by molar-refractivity contribution is 7.99. The Morgan fingerprint density at radius 1 is 1.20 bits per heavy atom. The van der Waals surface area contributed by atoms with E-state index in [1.54, 1.807) is 6.33 Å². The van der Waals surface area contributed by atoms with Crippen molar-refractivity contribution in [2.45, 2.75) is 63.2 Å². The molecule has 1 saturated carbocycles. The minimum absolute atomic E-state index is 0.00418. The van der Waals surface area contributed by atoms with E-state index in [-0.39, 0.29) is 35.2 Å². The van der Waals surface area contributed by atoms with Crippen LogP contribution in [-0.4, -0.2) is 63.3 Å². The number of benzene rings is 1. The number of nitrogens with zero attached hydrogens (tertiary/aromatic N) is 4. The Balaban J connectivity index is 1.51. The summed E-state index contributed by atoms with van der Waals surface area (Å²) in [5, 5.41) is 8.94. The highest BCUT2D eigenvalue weighted by atomic mass is 32.2. The van der Waals surface area contributed by atoms with Crippen LogP contribution in [0.25, 0.3) is 5.69 Å². The quantitative estimate of drug-likeness (QED) is 0.632. The summed E-state index contributed by atoms with van der Waals surface area (Å²) in [6, 6.07) is 6.18. The first-order chi connectivity index (χ1) is 14.3. The summed E-state index contributed by atoms with van der Waals surface area (Å²) in [4.78, 5) is 15.1. The molecule has 2 aromatic rings. The van der Waals surface area contributed by atoms with Crippen molar-refractivity contribution in [2.24, 2.45) is 0 Å². The van der Waals surface area contributed by atoms with Crippen molar-refractivity contribution < 1.29 is 13.2 Å². The number of carbonyl (C=O) groups is 1. The lowest BCUT2D eigenvalue weighted by atomic mass is 10.1. The smallest absolute Gasteiger partial charge is 0.233 e. The molecule has 30 heavy (non-hydrogen) atoms. The number of rotatable bonds is 6. The van der Waals surface area contributed by atoms with Gasteiger partial charge in [0.1, 0.15) is 6.33 Å². The van der Waals surface area contributed by atoms with Crippen LogP contribution in [0.2, 0.25) is 0 Å². The summed E-state index contributed by atoms with van der Waals surface area (Å²) in [5.74, 6) is 0.516. The van der Waals surface area contributed by atoms with Crippen molar-refractivity contribution in [2.75, 3.05) is 17.3 Å². The Labute approximate surface area is 182 Å². The van der Waals surface area contributed by atoms with Crippen molar-refractivity contribution in [1.29, 1.82) is 0 Å². The van der Waals surface area contributed by atoms with Crippen LogP contribution in [0.4, 0.5) is 0 Å². The van der Waals surface area contributed by atoms with Gasteiger partial charge in [0, 0.05) is 12.1 Å². The maximum Gasteiger partial charge on any atom is 0.233 e. The van der Waals surface area contributed by atoms with E-state index in [1.807, 2.05) is 23.3 Å². The zero-order valence-electron chi connectivity index (χ0n) is 17.5. The average molecular weight is 449 g/mol. The highest BCUT2D eigenvalue weighted by Crippen LogP contribution is 2.31. The first-order valence-electron chi connectivity index (χ1n) is 10.5. The zero-order valence-corrected chi connectivity index (χ0v) is 19.1. The van der Waals surface area contributed by atoms with Gasteiger partial charge in [0.15, 0.2) is 15.0 Å². The van der Waals surface area contributed by atoms with Gasteiger partial charge in [-0.25, -0.2) is 8.42 Å². The summed E-state index contributed by atoms with van der Waals surface area (Å²) in [6.45, 7) is 4.08. The van der Waals surface area contributed by atoms with Crippen molar-refractivity contribution in [3.63, 3.8) is 0 Å². The van der Waals surface area contributed by atoms with E-state index in [0.29, 0.717) is 11.6 Å². The van der Waals surface area contributed by atoms with E-state index in [2.05, 4.69) is 28.4 Å². The summed E-state index contributed by atoms with van der Waals surface area (Å²) in [5.41, 5.74) is 3.26. The Kier molecular flexibility index (Phi) is 6.20. The fourth-order valence-electron chi connectivity index (χ4n) is 4.55. The number of aryl methyl sites for hydroxylation is 2. The topological polar surface area (TPSA) is 85.2 Å². The molecule has 2 aliphatic rings. The monoisotopic (exact) mass is 448 g/mol. The molecule has 1 aliphatic heterocycles. The first-order valence-corrected chi connectivity index (χ1v) is 13.3. The van der Waals surface area contributed by atoms with Crippen LogP contribution in [0.3, 0.4) is 0 Å². The molecule has 0 N–H and O–H groups in total. The molecule has 1 aromatic carbocycles. The van der Waals surface area contributed by atoms with Crippen molar-refractivity contribution >= 4 is 27.5 Å². The number of sulfone groups is 1. The van der Waals surface area contributed by atoms with Crippen LogP contribution in [0.1, 0.15) is 43.2 Å². The second-order valence-corrected chi connectivity index (χ2v) is 11.5. The number of amides is 1. The molecular weight excluding hydrogens is 420 g/mol. The second kappa shape index (κ2) is 8.70. The van der Waals surface area contributed by atoms with E-state index < -0.39 is 9.84 Å². The van der Waals surface area contributed by atoms with E-state index in [0.717, 1.165) is 42.5 Å². The first kappa shape index (κ1) is 21.4. The van der Waals surface area contributed by atoms with Crippen LogP contribution < -0.4 is 0 Å². The third kappa shape index (κ3) is 4.56. The molecule has 7 nitrogen and oxygen atoms in total. The molecule has 1 amide bonds. The fourth-order valence-corrected chi connectivity index (χ4v) is 7.05. The van der Waals surface area contributed by atoms with Crippen molar-refractivity contribution in [3.05, 3.63) is 35.7 Å². The van der Waals surface area contributed by atoms with E-state index >= 15 is 0 Å². The number of carbonyl (C=O) groups excluding carboxylic acids is 1. The third-order valence-electron chi connectivity index (χ3n) is 6.07. The van der Waals surface area contributed by atoms with E-state index in [4.69, 9.17) is 0 Å². The predicted octanol–water partition coefficient (Wildman–Crippen LogP) is 2.93. The molecule has 1 saturated heterocycles. The molecule has 1 aromatic heterocycles. The van der Waals surface area contributed by atoms with Gasteiger partial charge in [0.2, 0.25) is 5.91 Å². The molecule has 0 unspecified atom stereocenters. The zero-order chi connectivity index (χ0) is 21.3. The predicted molar refractivity (Wildman–Crippen MR) is 118 cm³/mol. The molecule has 162 valence electrons. The van der Waals surface area contributed by atoms with Gasteiger partial charge in [0.25, 0.3) is 0 Å². The van der Waals surface area contributed by atoms with Gasteiger partial charge in [-0.1, -0.05) is 36.7 Å². The SMILES string of the molecule is Cc1ccc(C)c(-n2cnnc2SCC(=O)N(C2CCCC2)[C@@H]2CCS(=O)(=O)C2)c1. The molecule has 4 rings (SSSR count). The third-order valence-corrected chi connectivity index (χ3v) is 8.75. The minimum atomic E-state index is -3.04. The van der Waals surface area contributed by atoms with Gasteiger partial charge in [-0.15, -0.1) is 10.2 Å². The lowest BCUT2D eigenvalue weighted by Crippen LogP contribution is -2.47. The van der Waals surface area contributed by atoms with Gasteiger partial charge in [0.05, 0.1) is 22.9 Å². The summed E-state index contributed by atoms with van der Waals surface area (Å²) in [7, 11) is -3.04. The lowest BCUT2D eigenvalue weighted by Gasteiger charge is -2.34. The molecule has 9 heteroatoms. The van der Waals surface area contributed by atoms with Crippen molar-refractivity contribution in [1.82, 2.24) is 19.7 Å². The normalized spacial score (nSPS) is 21.2. The number of hydrogen-bond acceptors (Lipinski definition) is 6. The Morgan fingerprint density at radius 2 is 1.97 bits per heavy atom. The second-order valence-electron chi connectivity index (χ2n) is 8.36. The Morgan fingerprint density at radius 3 is 2.67 bits per heavy atom. The van der Waals surface area contributed by atoms with Gasteiger partial charge in [-0.2, -0.15) is 0 Å². The molecule has 0 spiro atoms. The van der Waals surface area contributed by atoms with Crippen LogP contribution in [0.5, 0.6) is 0 Å². The molecule has 1 aliphatic carbocycles. The molecular formula is C21H28N4O3S2. The number of aromatic nitrogens is 3. The van der Waals surface area contributed by atoms with Gasteiger partial charge < -0.3 is 4.90 Å². The fraction of sp³-hybridized carbons (Fsp3) is 0.571. The minimum Gasteiger partial charge on any atom is -0.335 e. The Bertz CT molecular complexity index is 1030. The maximum atomic E-state index is 13.2. The van der Waals surface area contributed by atoms with E-state index in [1.165, 1.54) is 11.8 Å². The molecule has 0 radical (unpaired) electrons. The Hall–Kier alpha value is -1.87. The molecule has 2 fully saturated rings. The summed E-state index contributed by atoms with van der Waals surface area (Å²) >= 11 is 1.37. The average Bonchev–Trinajstić information content (AvgIpc) is 3.44. The molecule has 0 bridgehead atoms. The lowest BCUT2D eigenvalue weighted by molar-refractivity contribution is -0.132. The molecule has 2 heterocycles. The van der Waals surface area contributed by atoms with E-state index in [9.17, 15) is 13.2 Å². The number of thioether (sulfide) groups is 1. The highest BCUT2D eigenvalue weighted by Gasteiger charge is 2.39. The molecule has 1 atom stereocenters. The maximum absolute atomic E-state index is 13.2. The van der Waals surface area contributed by atoms with Crippen LogP contribution in [0.15, 0.2) is 29.7 Å². The largest absolute Gasteiger partial charge is 0.335 e. The van der Waals surface area contributed by atoms with Gasteiger partial charge in [-0.05, 0) is 50.3 Å². The van der Waals surface area contributed by atoms with Crippen LogP contribution in [-0.2, 0) is 14.6 Å². The summed E-state index contributed by atoms with van der Waals surface area (Å²) < 4.78 is 26.0. The van der Waals surface area contributed by atoms with Crippen molar-refractivity contribution in [3.8, 4) is 5.69 Å². The van der Waals surface area contributed by atoms with Crippen LogP contribution in [0, 0.1) is 13.8 Å².